The van der Waals surface area contributed by atoms with Crippen LogP contribution >= 0.6 is 23.2 Å². The van der Waals surface area contributed by atoms with Crippen molar-refractivity contribution in [2.45, 2.75) is 19.9 Å². The second kappa shape index (κ2) is 10.2. The van der Waals surface area contributed by atoms with Gasteiger partial charge in [-0.15, -0.1) is 0 Å². The monoisotopic (exact) mass is 478 g/mol. The van der Waals surface area contributed by atoms with Crippen molar-refractivity contribution in [3.63, 3.8) is 0 Å². The molecule has 2 amide bonds. The molecule has 1 saturated heterocycles. The molecule has 32 heavy (non-hydrogen) atoms. The maximum absolute atomic E-state index is 13.2. The summed E-state index contributed by atoms with van der Waals surface area (Å²) in [5.41, 5.74) is 0.643. The number of rotatable bonds is 6. The maximum Gasteiger partial charge on any atom is 0.288 e. The van der Waals surface area contributed by atoms with Gasteiger partial charge in [-0.2, -0.15) is 0 Å². The minimum atomic E-state index is -0.760. The van der Waals surface area contributed by atoms with Gasteiger partial charge in [0.15, 0.2) is 0 Å². The van der Waals surface area contributed by atoms with Crippen molar-refractivity contribution in [3.05, 3.63) is 68.2 Å². The van der Waals surface area contributed by atoms with Gasteiger partial charge in [0.1, 0.15) is 11.1 Å². The Hall–Kier alpha value is -2.84. The van der Waals surface area contributed by atoms with Crippen LogP contribution < -0.4 is 10.2 Å². The summed E-state index contributed by atoms with van der Waals surface area (Å²) in [4.78, 5) is 40.2. The highest BCUT2D eigenvalue weighted by Gasteiger charge is 2.31. The van der Waals surface area contributed by atoms with E-state index in [0.29, 0.717) is 31.2 Å². The number of hydrogen-bond donors (Lipinski definition) is 1. The lowest BCUT2D eigenvalue weighted by molar-refractivity contribution is -0.384. The molecule has 0 aliphatic carbocycles. The van der Waals surface area contributed by atoms with E-state index in [1.54, 1.807) is 4.90 Å². The van der Waals surface area contributed by atoms with Gasteiger partial charge in [0.05, 0.1) is 15.6 Å². The molecule has 1 aliphatic rings. The van der Waals surface area contributed by atoms with Gasteiger partial charge < -0.3 is 15.1 Å². The van der Waals surface area contributed by atoms with E-state index >= 15 is 0 Å². The number of carbonyl (C=O) groups excluding carboxylic acids is 2. The topological polar surface area (TPSA) is 95.8 Å². The van der Waals surface area contributed by atoms with Gasteiger partial charge in [-0.1, -0.05) is 49.2 Å². The van der Waals surface area contributed by atoms with E-state index in [1.807, 2.05) is 38.1 Å². The number of para-hydroxylation sites is 1. The third-order valence-corrected chi connectivity index (χ3v) is 6.05. The highest BCUT2D eigenvalue weighted by molar-refractivity contribution is 6.33. The van der Waals surface area contributed by atoms with Crippen LogP contribution in [0.1, 0.15) is 24.2 Å². The van der Waals surface area contributed by atoms with Crippen LogP contribution in [0, 0.1) is 16.0 Å². The Bertz CT molecular complexity index is 1020. The first-order chi connectivity index (χ1) is 15.2. The maximum atomic E-state index is 13.2. The molecule has 8 nitrogen and oxygen atoms in total. The van der Waals surface area contributed by atoms with Gasteiger partial charge in [0.2, 0.25) is 5.91 Å². The third-order valence-electron chi connectivity index (χ3n) is 5.41. The van der Waals surface area contributed by atoms with Crippen molar-refractivity contribution in [2.24, 2.45) is 5.92 Å². The van der Waals surface area contributed by atoms with E-state index in [0.717, 1.165) is 11.8 Å². The lowest BCUT2D eigenvalue weighted by atomic mass is 10.0. The van der Waals surface area contributed by atoms with Crippen molar-refractivity contribution < 1.29 is 14.5 Å². The molecule has 1 unspecified atom stereocenters. The molecular formula is C22H24Cl2N4O4. The molecule has 3 rings (SSSR count). The number of nitro groups is 1. The average Bonchev–Trinajstić information content (AvgIpc) is 2.77. The molecule has 1 fully saturated rings. The standard InChI is InChI=1S/C22H24Cl2N4O4/c1-14(2)20(25-21(29)15-7-8-17(24)19(13-15)28(31)32)22(30)27-11-9-26(10-12-27)18-6-4-3-5-16(18)23/h3-8,13-14,20H,9-12H2,1-2H3,(H,25,29). The number of piperazine rings is 1. The second-order valence-corrected chi connectivity index (χ2v) is 8.70. The molecule has 0 radical (unpaired) electrons. The normalized spacial score (nSPS) is 14.9. The fourth-order valence-electron chi connectivity index (χ4n) is 3.60. The molecule has 0 spiro atoms. The third kappa shape index (κ3) is 5.31. The van der Waals surface area contributed by atoms with E-state index in [9.17, 15) is 19.7 Å². The highest BCUT2D eigenvalue weighted by Crippen LogP contribution is 2.27. The van der Waals surface area contributed by atoms with Crippen molar-refractivity contribution in [2.75, 3.05) is 31.1 Å². The molecule has 1 aliphatic heterocycles. The summed E-state index contributed by atoms with van der Waals surface area (Å²) in [7, 11) is 0. The minimum Gasteiger partial charge on any atom is -0.367 e. The molecule has 1 heterocycles. The van der Waals surface area contributed by atoms with Crippen molar-refractivity contribution in [3.8, 4) is 0 Å². The lowest BCUT2D eigenvalue weighted by Gasteiger charge is -2.38. The summed E-state index contributed by atoms with van der Waals surface area (Å²) in [6.45, 7) is 5.92. The van der Waals surface area contributed by atoms with Crippen LogP contribution in [0.5, 0.6) is 0 Å². The summed E-state index contributed by atoms with van der Waals surface area (Å²) in [5, 5.41) is 14.5. The summed E-state index contributed by atoms with van der Waals surface area (Å²) < 4.78 is 0. The molecule has 170 valence electrons. The van der Waals surface area contributed by atoms with Crippen LogP contribution in [0.2, 0.25) is 10.0 Å². The summed E-state index contributed by atoms with van der Waals surface area (Å²) in [6, 6.07) is 10.6. The number of amides is 2. The number of hydrogen-bond acceptors (Lipinski definition) is 5. The lowest BCUT2D eigenvalue weighted by Crippen LogP contribution is -2.56. The van der Waals surface area contributed by atoms with Crippen molar-refractivity contribution >= 4 is 46.4 Å². The molecule has 2 aromatic carbocycles. The SMILES string of the molecule is CC(C)C(NC(=O)c1ccc(Cl)c([N+](=O)[O-])c1)C(=O)N1CCN(c2ccccc2Cl)CC1. The van der Waals surface area contributed by atoms with Gasteiger partial charge in [-0.3, -0.25) is 19.7 Å². The molecule has 0 bridgehead atoms. The van der Waals surface area contributed by atoms with E-state index in [1.165, 1.54) is 12.1 Å². The predicted octanol–water partition coefficient (Wildman–Crippen LogP) is 4.00. The zero-order chi connectivity index (χ0) is 23.4. The van der Waals surface area contributed by atoms with Gasteiger partial charge in [-0.25, -0.2) is 0 Å². The van der Waals surface area contributed by atoms with Gasteiger partial charge >= 0.3 is 0 Å². The van der Waals surface area contributed by atoms with Crippen LogP contribution in [0.15, 0.2) is 42.5 Å². The Morgan fingerprint density at radius 2 is 1.69 bits per heavy atom. The Morgan fingerprint density at radius 3 is 2.28 bits per heavy atom. The number of anilines is 1. The van der Waals surface area contributed by atoms with Gasteiger partial charge in [-0.05, 0) is 30.2 Å². The Morgan fingerprint density at radius 1 is 1.03 bits per heavy atom. The average molecular weight is 479 g/mol. The Labute approximate surface area is 196 Å². The highest BCUT2D eigenvalue weighted by atomic mass is 35.5. The number of nitrogens with one attached hydrogen (secondary N) is 1. The first-order valence-corrected chi connectivity index (χ1v) is 11.0. The molecule has 0 saturated carbocycles. The molecule has 2 aromatic rings. The van der Waals surface area contributed by atoms with Crippen LogP contribution in [-0.4, -0.2) is 53.9 Å². The van der Waals surface area contributed by atoms with E-state index in [4.69, 9.17) is 23.2 Å². The quantitative estimate of drug-likeness (QED) is 0.499. The fraction of sp³-hybridized carbons (Fsp3) is 0.364. The second-order valence-electron chi connectivity index (χ2n) is 7.88. The van der Waals surface area contributed by atoms with Crippen LogP contribution in [0.4, 0.5) is 11.4 Å². The molecule has 1 N–H and O–H groups in total. The fourth-order valence-corrected chi connectivity index (χ4v) is 4.05. The zero-order valence-electron chi connectivity index (χ0n) is 17.8. The number of nitro benzene ring substituents is 1. The van der Waals surface area contributed by atoms with E-state index in [2.05, 4.69) is 10.2 Å². The number of benzene rings is 2. The largest absolute Gasteiger partial charge is 0.367 e. The van der Waals surface area contributed by atoms with Crippen LogP contribution in [-0.2, 0) is 4.79 Å². The number of nitrogens with zero attached hydrogens (tertiary/aromatic N) is 3. The number of halogens is 2. The predicted molar refractivity (Wildman–Crippen MR) is 124 cm³/mol. The Kier molecular flexibility index (Phi) is 7.58. The first-order valence-electron chi connectivity index (χ1n) is 10.2. The van der Waals surface area contributed by atoms with E-state index in [-0.39, 0.29) is 28.1 Å². The van der Waals surface area contributed by atoms with Crippen LogP contribution in [0.3, 0.4) is 0 Å². The molecule has 1 atom stereocenters. The van der Waals surface area contributed by atoms with Gasteiger partial charge in [0.25, 0.3) is 11.6 Å². The summed E-state index contributed by atoms with van der Waals surface area (Å²) in [5.74, 6) is -0.919. The molecule has 10 heteroatoms. The summed E-state index contributed by atoms with van der Waals surface area (Å²) >= 11 is 12.1. The zero-order valence-corrected chi connectivity index (χ0v) is 19.3. The minimum absolute atomic E-state index is 0.0561. The van der Waals surface area contributed by atoms with Crippen LogP contribution in [0.25, 0.3) is 0 Å². The Balaban J connectivity index is 1.68. The van der Waals surface area contributed by atoms with E-state index < -0.39 is 16.9 Å². The molecule has 0 aromatic heterocycles. The first kappa shape index (κ1) is 23.8. The molecular weight excluding hydrogens is 455 g/mol. The van der Waals surface area contributed by atoms with Gasteiger partial charge in [0, 0.05) is 37.8 Å². The van der Waals surface area contributed by atoms with Crippen molar-refractivity contribution in [1.29, 1.82) is 0 Å². The summed E-state index contributed by atoms with van der Waals surface area (Å²) in [6.07, 6.45) is 0. The number of carbonyl (C=O) groups is 2. The smallest absolute Gasteiger partial charge is 0.288 e. The van der Waals surface area contributed by atoms with Crippen molar-refractivity contribution in [1.82, 2.24) is 10.2 Å².